The highest BCUT2D eigenvalue weighted by Gasteiger charge is 2.19. The molecule has 0 spiro atoms. The Morgan fingerprint density at radius 1 is 1.13 bits per heavy atom. The molecular weight excluding hydrogens is 396 g/mol. The quantitative estimate of drug-likeness (QED) is 0.488. The molecule has 0 aliphatic heterocycles. The summed E-state index contributed by atoms with van der Waals surface area (Å²) >= 11 is 1.45. The molecule has 154 valence electrons. The lowest BCUT2D eigenvalue weighted by Crippen LogP contribution is -2.24. The molecule has 1 N–H and O–H groups in total. The van der Waals surface area contributed by atoms with Crippen molar-refractivity contribution in [2.45, 2.75) is 6.42 Å². The molecule has 4 aromatic rings. The molecule has 2 aromatic heterocycles. The molecule has 0 bridgehead atoms. The van der Waals surface area contributed by atoms with Gasteiger partial charge in [0.2, 0.25) is 5.95 Å². The van der Waals surface area contributed by atoms with Crippen LogP contribution in [-0.4, -0.2) is 43.2 Å². The van der Waals surface area contributed by atoms with Crippen molar-refractivity contribution in [1.82, 2.24) is 14.9 Å². The van der Waals surface area contributed by atoms with Gasteiger partial charge >= 0.3 is 0 Å². The number of amides is 1. The summed E-state index contributed by atoms with van der Waals surface area (Å²) in [7, 11) is 5.57. The molecule has 0 saturated heterocycles. The van der Waals surface area contributed by atoms with Crippen LogP contribution in [0.5, 0.6) is 5.75 Å². The number of carbonyl (C=O) groups excluding carboxylic acids is 1. The molecule has 0 atom stereocenters. The Hall–Kier alpha value is -3.32. The average Bonchev–Trinajstić information content (AvgIpc) is 3.33. The number of thiophene rings is 1. The predicted octanol–water partition coefficient (Wildman–Crippen LogP) is 4.13. The lowest BCUT2D eigenvalue weighted by molar-refractivity contribution is 0.0958. The van der Waals surface area contributed by atoms with Gasteiger partial charge in [0.15, 0.2) is 0 Å². The van der Waals surface area contributed by atoms with E-state index in [1.54, 1.807) is 7.11 Å². The van der Waals surface area contributed by atoms with Crippen molar-refractivity contribution in [3.05, 3.63) is 71.1 Å². The second-order valence-corrected chi connectivity index (χ2v) is 8.16. The van der Waals surface area contributed by atoms with Gasteiger partial charge in [-0.3, -0.25) is 9.36 Å². The molecule has 2 heterocycles. The van der Waals surface area contributed by atoms with Crippen LogP contribution in [0.15, 0.2) is 60.7 Å². The van der Waals surface area contributed by atoms with Gasteiger partial charge in [0.05, 0.1) is 17.7 Å². The maximum atomic E-state index is 12.7. The van der Waals surface area contributed by atoms with Gasteiger partial charge in [-0.15, -0.1) is 11.3 Å². The third kappa shape index (κ3) is 4.02. The maximum Gasteiger partial charge on any atom is 0.261 e. The van der Waals surface area contributed by atoms with Crippen molar-refractivity contribution in [3.63, 3.8) is 0 Å². The van der Waals surface area contributed by atoms with Gasteiger partial charge in [-0.1, -0.05) is 30.3 Å². The summed E-state index contributed by atoms with van der Waals surface area (Å²) < 4.78 is 7.34. The van der Waals surface area contributed by atoms with Crippen molar-refractivity contribution in [1.29, 1.82) is 0 Å². The van der Waals surface area contributed by atoms with E-state index in [4.69, 9.17) is 9.72 Å². The van der Waals surface area contributed by atoms with E-state index in [0.29, 0.717) is 11.4 Å². The Balaban J connectivity index is 1.58. The fourth-order valence-corrected chi connectivity index (χ4v) is 4.32. The smallest absolute Gasteiger partial charge is 0.261 e. The van der Waals surface area contributed by atoms with Gasteiger partial charge in [0.25, 0.3) is 5.91 Å². The SMILES string of the molecule is COc1ccc(-n2c(N(C)C)nc3cc(C(=O)NCCc4ccccc4)sc32)cc1. The van der Waals surface area contributed by atoms with E-state index in [1.165, 1.54) is 16.9 Å². The zero-order valence-corrected chi connectivity index (χ0v) is 18.1. The molecule has 0 unspecified atom stereocenters. The first-order valence-electron chi connectivity index (χ1n) is 9.73. The van der Waals surface area contributed by atoms with Crippen molar-refractivity contribution in [3.8, 4) is 11.4 Å². The number of ether oxygens (including phenoxy) is 1. The van der Waals surface area contributed by atoms with Crippen LogP contribution in [0.4, 0.5) is 5.95 Å². The first-order chi connectivity index (χ1) is 14.6. The minimum Gasteiger partial charge on any atom is -0.497 e. The van der Waals surface area contributed by atoms with Gasteiger partial charge in [0, 0.05) is 20.6 Å². The number of aromatic nitrogens is 2. The number of nitrogens with zero attached hydrogens (tertiary/aromatic N) is 3. The van der Waals surface area contributed by atoms with Gasteiger partial charge in [-0.25, -0.2) is 4.98 Å². The molecule has 0 radical (unpaired) electrons. The van der Waals surface area contributed by atoms with Crippen molar-refractivity contribution < 1.29 is 9.53 Å². The number of methoxy groups -OCH3 is 1. The molecule has 0 fully saturated rings. The number of anilines is 1. The summed E-state index contributed by atoms with van der Waals surface area (Å²) in [6, 6.07) is 19.8. The Bertz CT molecular complexity index is 1150. The summed E-state index contributed by atoms with van der Waals surface area (Å²) in [4.78, 5) is 21.0. The van der Waals surface area contributed by atoms with E-state index >= 15 is 0 Å². The first-order valence-corrected chi connectivity index (χ1v) is 10.5. The highest BCUT2D eigenvalue weighted by Crippen LogP contribution is 2.33. The van der Waals surface area contributed by atoms with E-state index in [2.05, 4.69) is 22.0 Å². The number of nitrogens with one attached hydrogen (secondary N) is 1. The van der Waals surface area contributed by atoms with E-state index in [9.17, 15) is 4.79 Å². The summed E-state index contributed by atoms with van der Waals surface area (Å²) in [5.41, 5.74) is 2.99. The largest absolute Gasteiger partial charge is 0.497 e. The summed E-state index contributed by atoms with van der Waals surface area (Å²) in [6.45, 7) is 0.597. The fraction of sp³-hybridized carbons (Fsp3) is 0.217. The fourth-order valence-electron chi connectivity index (χ4n) is 3.29. The third-order valence-electron chi connectivity index (χ3n) is 4.81. The molecule has 0 aliphatic rings. The minimum atomic E-state index is -0.0679. The van der Waals surface area contributed by atoms with Crippen LogP contribution in [0.3, 0.4) is 0 Å². The van der Waals surface area contributed by atoms with Crippen LogP contribution in [0, 0.1) is 0 Å². The van der Waals surface area contributed by atoms with Gasteiger partial charge < -0.3 is 15.0 Å². The molecule has 7 heteroatoms. The van der Waals surface area contributed by atoms with E-state index in [1.807, 2.05) is 67.5 Å². The lowest BCUT2D eigenvalue weighted by atomic mass is 10.1. The molecule has 4 rings (SSSR count). The van der Waals surface area contributed by atoms with E-state index < -0.39 is 0 Å². The normalized spacial score (nSPS) is 10.9. The summed E-state index contributed by atoms with van der Waals surface area (Å²) in [5.74, 6) is 1.55. The van der Waals surface area contributed by atoms with Crippen molar-refractivity contribution >= 4 is 33.5 Å². The third-order valence-corrected chi connectivity index (χ3v) is 5.92. The van der Waals surface area contributed by atoms with Crippen LogP contribution < -0.4 is 15.0 Å². The standard InChI is InChI=1S/C23H24N4O2S/c1-26(2)23-25-19-15-20(21(28)24-14-13-16-7-5-4-6-8-16)30-22(19)27(23)17-9-11-18(29-3)12-10-17/h4-12,15H,13-14H2,1-3H3,(H,24,28). The minimum absolute atomic E-state index is 0.0679. The Morgan fingerprint density at radius 3 is 2.53 bits per heavy atom. The molecule has 30 heavy (non-hydrogen) atoms. The molecule has 0 aliphatic carbocycles. The number of carbonyl (C=O) groups is 1. The zero-order chi connectivity index (χ0) is 21.1. The van der Waals surface area contributed by atoms with Crippen LogP contribution in [0.2, 0.25) is 0 Å². The van der Waals surface area contributed by atoms with Crippen LogP contribution >= 0.6 is 11.3 Å². The van der Waals surface area contributed by atoms with Crippen molar-refractivity contribution in [2.24, 2.45) is 0 Å². The Kier molecular flexibility index (Phi) is 5.72. The molecule has 0 saturated carbocycles. The number of fused-ring (bicyclic) bond motifs is 1. The molecule has 6 nitrogen and oxygen atoms in total. The Morgan fingerprint density at radius 2 is 1.87 bits per heavy atom. The highest BCUT2D eigenvalue weighted by molar-refractivity contribution is 7.20. The Labute approximate surface area is 179 Å². The second-order valence-electron chi connectivity index (χ2n) is 7.13. The van der Waals surface area contributed by atoms with Crippen LogP contribution in [-0.2, 0) is 6.42 Å². The number of benzene rings is 2. The average molecular weight is 421 g/mol. The number of hydrogen-bond donors (Lipinski definition) is 1. The molecule has 2 aromatic carbocycles. The number of imidazole rings is 1. The molecular formula is C23H24N4O2S. The lowest BCUT2D eigenvalue weighted by Gasteiger charge is -2.15. The van der Waals surface area contributed by atoms with Gasteiger partial charge in [-0.2, -0.15) is 0 Å². The first kappa shape index (κ1) is 20.0. The van der Waals surface area contributed by atoms with Crippen LogP contribution in [0.1, 0.15) is 15.2 Å². The number of rotatable bonds is 7. The zero-order valence-electron chi connectivity index (χ0n) is 17.3. The maximum absolute atomic E-state index is 12.7. The topological polar surface area (TPSA) is 59.4 Å². The van der Waals surface area contributed by atoms with Crippen molar-refractivity contribution in [2.75, 3.05) is 32.6 Å². The summed E-state index contributed by atoms with van der Waals surface area (Å²) in [5, 5.41) is 3.02. The van der Waals surface area contributed by atoms with E-state index in [0.717, 1.165) is 34.2 Å². The number of hydrogen-bond acceptors (Lipinski definition) is 5. The monoisotopic (exact) mass is 420 g/mol. The van der Waals surface area contributed by atoms with Crippen LogP contribution in [0.25, 0.3) is 16.0 Å². The van der Waals surface area contributed by atoms with Gasteiger partial charge in [-0.05, 0) is 42.3 Å². The molecule has 1 amide bonds. The summed E-state index contributed by atoms with van der Waals surface area (Å²) in [6.07, 6.45) is 0.804. The second kappa shape index (κ2) is 8.59. The van der Waals surface area contributed by atoms with E-state index in [-0.39, 0.29) is 5.91 Å². The van der Waals surface area contributed by atoms with Gasteiger partial charge in [0.1, 0.15) is 16.1 Å². The predicted molar refractivity (Wildman–Crippen MR) is 122 cm³/mol. The highest BCUT2D eigenvalue weighted by atomic mass is 32.1.